The molecule has 1 aliphatic rings. The Balaban J connectivity index is 1.45. The number of amides is 3. The Morgan fingerprint density at radius 3 is 2.53 bits per heavy atom. The minimum Gasteiger partial charge on any atom is -0.441 e. The van der Waals surface area contributed by atoms with Crippen molar-refractivity contribution in [1.29, 1.82) is 0 Å². The van der Waals surface area contributed by atoms with E-state index in [1.165, 1.54) is 0 Å². The molecule has 3 amide bonds. The zero-order valence-corrected chi connectivity index (χ0v) is 15.9. The number of imide groups is 1. The normalized spacial score (nSPS) is 18.5. The predicted molar refractivity (Wildman–Crippen MR) is 104 cm³/mol. The summed E-state index contributed by atoms with van der Waals surface area (Å²) < 4.78 is 5.93. The van der Waals surface area contributed by atoms with Crippen molar-refractivity contribution >= 4 is 28.8 Å². The van der Waals surface area contributed by atoms with Gasteiger partial charge in [-0.2, -0.15) is 4.68 Å². The van der Waals surface area contributed by atoms with Gasteiger partial charge in [0.1, 0.15) is 17.6 Å². The highest BCUT2D eigenvalue weighted by Gasteiger charge is 2.49. The van der Waals surface area contributed by atoms with E-state index in [1.54, 1.807) is 61.5 Å². The minimum absolute atomic E-state index is 0.330. The van der Waals surface area contributed by atoms with E-state index < -0.39 is 42.3 Å². The SMILES string of the molecule is C[C@]1(c2ccccc2)NC(=O)N(CC(=O)OCn2nnc3ccccc3c2=O)C1=O. The quantitative estimate of drug-likeness (QED) is 0.489. The molecule has 30 heavy (non-hydrogen) atoms. The van der Waals surface area contributed by atoms with Crippen LogP contribution >= 0.6 is 0 Å². The molecule has 1 N–H and O–H groups in total. The van der Waals surface area contributed by atoms with E-state index in [1.807, 2.05) is 0 Å². The summed E-state index contributed by atoms with van der Waals surface area (Å²) in [6.07, 6.45) is 0. The first kappa shape index (κ1) is 19.2. The van der Waals surface area contributed by atoms with Crippen LogP contribution in [0, 0.1) is 0 Å². The van der Waals surface area contributed by atoms with Gasteiger partial charge in [-0.25, -0.2) is 4.79 Å². The fraction of sp³-hybridized carbons (Fsp3) is 0.200. The van der Waals surface area contributed by atoms with Crippen molar-refractivity contribution in [1.82, 2.24) is 25.2 Å². The average Bonchev–Trinajstić information content (AvgIpc) is 2.98. The summed E-state index contributed by atoms with van der Waals surface area (Å²) in [6.45, 7) is 0.482. The molecule has 10 nitrogen and oxygen atoms in total. The maximum absolute atomic E-state index is 12.8. The Bertz CT molecular complexity index is 1210. The molecule has 2 aromatic carbocycles. The molecular formula is C20H17N5O5. The van der Waals surface area contributed by atoms with E-state index in [2.05, 4.69) is 15.6 Å². The number of carbonyl (C=O) groups is 3. The molecule has 0 radical (unpaired) electrons. The molecule has 152 valence electrons. The van der Waals surface area contributed by atoms with Crippen molar-refractivity contribution in [3.63, 3.8) is 0 Å². The van der Waals surface area contributed by atoms with E-state index in [0.29, 0.717) is 16.5 Å². The third kappa shape index (κ3) is 3.28. The topological polar surface area (TPSA) is 123 Å². The third-order valence-corrected chi connectivity index (χ3v) is 4.89. The molecular weight excluding hydrogens is 390 g/mol. The molecule has 0 spiro atoms. The van der Waals surface area contributed by atoms with Crippen molar-refractivity contribution < 1.29 is 19.1 Å². The van der Waals surface area contributed by atoms with Crippen LogP contribution in [0.15, 0.2) is 59.4 Å². The largest absolute Gasteiger partial charge is 0.441 e. The molecule has 1 fully saturated rings. The van der Waals surface area contributed by atoms with Crippen LogP contribution in [0.2, 0.25) is 0 Å². The molecule has 2 heterocycles. The molecule has 0 bridgehead atoms. The van der Waals surface area contributed by atoms with Gasteiger partial charge in [0.05, 0.1) is 5.39 Å². The van der Waals surface area contributed by atoms with Gasteiger partial charge in [-0.15, -0.1) is 5.10 Å². The summed E-state index contributed by atoms with van der Waals surface area (Å²) in [4.78, 5) is 50.5. The smallest absolute Gasteiger partial charge is 0.328 e. The lowest BCUT2D eigenvalue weighted by Crippen LogP contribution is -2.41. The second-order valence-corrected chi connectivity index (χ2v) is 6.87. The minimum atomic E-state index is -1.28. The first-order valence-electron chi connectivity index (χ1n) is 9.08. The van der Waals surface area contributed by atoms with E-state index in [9.17, 15) is 19.2 Å². The van der Waals surface area contributed by atoms with Gasteiger partial charge >= 0.3 is 12.0 Å². The lowest BCUT2D eigenvalue weighted by atomic mass is 9.92. The highest BCUT2D eigenvalue weighted by molar-refractivity contribution is 6.08. The first-order chi connectivity index (χ1) is 14.4. The average molecular weight is 407 g/mol. The van der Waals surface area contributed by atoms with Gasteiger partial charge in [0.25, 0.3) is 11.5 Å². The number of benzene rings is 2. The summed E-state index contributed by atoms with van der Waals surface area (Å²) in [5, 5.41) is 10.5. The molecule has 1 saturated heterocycles. The molecule has 0 aliphatic carbocycles. The Morgan fingerprint density at radius 1 is 1.07 bits per heavy atom. The fourth-order valence-corrected chi connectivity index (χ4v) is 3.22. The standard InChI is InChI=1S/C20H17N5O5/c1-20(13-7-3-2-4-8-13)18(28)24(19(29)21-20)11-16(26)30-12-25-17(27)14-9-5-6-10-15(14)22-23-25/h2-10H,11-12H2,1H3,(H,21,29)/t20-/m1/s1. The van der Waals surface area contributed by atoms with Gasteiger partial charge in [-0.1, -0.05) is 47.7 Å². The fourth-order valence-electron chi connectivity index (χ4n) is 3.22. The molecule has 3 aromatic rings. The van der Waals surface area contributed by atoms with Crippen LogP contribution in [0.25, 0.3) is 10.9 Å². The number of esters is 1. The Hall–Kier alpha value is -4.08. The van der Waals surface area contributed by atoms with Gasteiger partial charge in [-0.05, 0) is 24.6 Å². The lowest BCUT2D eigenvalue weighted by molar-refractivity contribution is -0.151. The number of urea groups is 1. The van der Waals surface area contributed by atoms with Crippen LogP contribution in [-0.4, -0.2) is 44.3 Å². The molecule has 1 aromatic heterocycles. The number of nitrogens with zero attached hydrogens (tertiary/aromatic N) is 4. The van der Waals surface area contributed by atoms with Crippen LogP contribution in [0.3, 0.4) is 0 Å². The number of ether oxygens (including phenoxy) is 1. The number of aromatic nitrogens is 3. The Labute approximate surface area is 170 Å². The van der Waals surface area contributed by atoms with Crippen LogP contribution in [0.4, 0.5) is 4.79 Å². The van der Waals surface area contributed by atoms with Gasteiger partial charge in [0.15, 0.2) is 6.73 Å². The van der Waals surface area contributed by atoms with Crippen molar-refractivity contribution in [3.05, 3.63) is 70.5 Å². The number of hydrogen-bond acceptors (Lipinski definition) is 7. The van der Waals surface area contributed by atoms with E-state index >= 15 is 0 Å². The van der Waals surface area contributed by atoms with Crippen molar-refractivity contribution in [2.24, 2.45) is 0 Å². The second kappa shape index (κ2) is 7.39. The monoisotopic (exact) mass is 407 g/mol. The Morgan fingerprint density at radius 2 is 1.77 bits per heavy atom. The third-order valence-electron chi connectivity index (χ3n) is 4.89. The van der Waals surface area contributed by atoms with Gasteiger partial charge in [-0.3, -0.25) is 19.3 Å². The number of carbonyl (C=O) groups excluding carboxylic acids is 3. The van der Waals surface area contributed by atoms with Gasteiger partial charge in [0, 0.05) is 0 Å². The number of hydrogen-bond donors (Lipinski definition) is 1. The van der Waals surface area contributed by atoms with Crippen molar-refractivity contribution in [3.8, 4) is 0 Å². The number of fused-ring (bicyclic) bond motifs is 1. The van der Waals surface area contributed by atoms with Gasteiger partial charge in [0.2, 0.25) is 0 Å². The molecule has 4 rings (SSSR count). The van der Waals surface area contributed by atoms with E-state index in [-0.39, 0.29) is 0 Å². The summed E-state index contributed by atoms with van der Waals surface area (Å²) in [5.41, 5.74) is -0.735. The maximum atomic E-state index is 12.8. The van der Waals surface area contributed by atoms with Crippen LogP contribution in [0.5, 0.6) is 0 Å². The Kier molecular flexibility index (Phi) is 4.74. The van der Waals surface area contributed by atoms with E-state index in [4.69, 9.17) is 4.74 Å². The molecule has 0 unspecified atom stereocenters. The zero-order valence-electron chi connectivity index (χ0n) is 15.9. The van der Waals surface area contributed by atoms with Crippen molar-refractivity contribution in [2.45, 2.75) is 19.2 Å². The van der Waals surface area contributed by atoms with Crippen LogP contribution < -0.4 is 10.9 Å². The summed E-state index contributed by atoms with van der Waals surface area (Å²) in [7, 11) is 0. The first-order valence-corrected chi connectivity index (χ1v) is 9.08. The molecule has 10 heteroatoms. The van der Waals surface area contributed by atoms with Crippen LogP contribution in [-0.2, 0) is 26.6 Å². The highest BCUT2D eigenvalue weighted by atomic mass is 16.5. The molecule has 0 saturated carbocycles. The summed E-state index contributed by atoms with van der Waals surface area (Å²) in [6, 6.07) is 14.6. The summed E-state index contributed by atoms with van der Waals surface area (Å²) >= 11 is 0. The molecule has 1 atom stereocenters. The molecule has 1 aliphatic heterocycles. The summed E-state index contributed by atoms with van der Waals surface area (Å²) in [5.74, 6) is -1.43. The number of nitrogens with one attached hydrogen (secondary N) is 1. The van der Waals surface area contributed by atoms with E-state index in [0.717, 1.165) is 9.58 Å². The number of rotatable bonds is 5. The lowest BCUT2D eigenvalue weighted by Gasteiger charge is -2.21. The van der Waals surface area contributed by atoms with Crippen LogP contribution in [0.1, 0.15) is 12.5 Å². The second-order valence-electron chi connectivity index (χ2n) is 6.87. The zero-order chi connectivity index (χ0) is 21.3. The van der Waals surface area contributed by atoms with Gasteiger partial charge < -0.3 is 10.1 Å². The maximum Gasteiger partial charge on any atom is 0.328 e. The highest BCUT2D eigenvalue weighted by Crippen LogP contribution is 2.28. The van der Waals surface area contributed by atoms with Crippen molar-refractivity contribution in [2.75, 3.05) is 6.54 Å². The predicted octanol–water partition coefficient (Wildman–Crippen LogP) is 0.759.